The second-order valence-electron chi connectivity index (χ2n) is 9.81. The van der Waals surface area contributed by atoms with E-state index in [0.29, 0.717) is 13.1 Å². The molecule has 0 bridgehead atoms. The largest absolute Gasteiger partial charge is 0.305 e. The first kappa shape index (κ1) is 27.8. The lowest BCUT2D eigenvalue weighted by molar-refractivity contribution is 0.519. The van der Waals surface area contributed by atoms with Crippen LogP contribution in [0, 0.1) is 0 Å². The molecule has 7 nitrogen and oxygen atoms in total. The van der Waals surface area contributed by atoms with Crippen LogP contribution in [0.1, 0.15) is 75.6 Å². The molecule has 0 saturated heterocycles. The van der Waals surface area contributed by atoms with Gasteiger partial charge in [0, 0.05) is 25.0 Å². The van der Waals surface area contributed by atoms with Crippen LogP contribution in [-0.4, -0.2) is 46.5 Å². The van der Waals surface area contributed by atoms with Crippen molar-refractivity contribution in [1.82, 2.24) is 14.8 Å². The minimum atomic E-state index is -3.32. The average Bonchev–Trinajstić information content (AvgIpc) is 3.27. The predicted molar refractivity (Wildman–Crippen MR) is 142 cm³/mol. The smallest absolute Gasteiger partial charge is 0.214 e. The summed E-state index contributed by atoms with van der Waals surface area (Å²) in [7, 11) is -6.62. The van der Waals surface area contributed by atoms with Crippen molar-refractivity contribution < 1.29 is 16.8 Å². The molecule has 3 rings (SSSR count). The number of sulfonamides is 2. The monoisotopic (exact) mass is 521 g/mol. The van der Waals surface area contributed by atoms with Crippen LogP contribution in [0.2, 0.25) is 0 Å². The van der Waals surface area contributed by atoms with Gasteiger partial charge in [-0.05, 0) is 57.2 Å². The topological polar surface area (TPSA) is 104 Å². The average molecular weight is 522 g/mol. The second kappa shape index (κ2) is 12.0. The Morgan fingerprint density at radius 2 is 1.37 bits per heavy atom. The van der Waals surface area contributed by atoms with Crippen LogP contribution >= 0.6 is 0 Å². The molecule has 2 aromatic rings. The van der Waals surface area contributed by atoms with Crippen molar-refractivity contribution in [2.45, 2.75) is 75.5 Å². The first-order valence-corrected chi connectivity index (χ1v) is 15.5. The molecule has 0 radical (unpaired) electrons. The SMILES string of the molecule is CC(C)S(=O)(=O)NCCNC(c1ccccc1)c1ccc(C2CCCC2NS(=O)(=O)C(C)C)cc1. The molecule has 35 heavy (non-hydrogen) atoms. The minimum Gasteiger partial charge on any atom is -0.305 e. The molecule has 0 amide bonds. The fourth-order valence-corrected chi connectivity index (χ4v) is 6.13. The molecule has 0 spiro atoms. The van der Waals surface area contributed by atoms with Crippen LogP contribution in [0.25, 0.3) is 0 Å². The lowest BCUT2D eigenvalue weighted by Gasteiger charge is -2.24. The Kier molecular flexibility index (Phi) is 9.51. The van der Waals surface area contributed by atoms with Gasteiger partial charge in [-0.3, -0.25) is 0 Å². The standard InChI is InChI=1S/C26H39N3O4S2/c1-19(2)34(30,31)28-18-17-27-26(22-9-6-5-7-10-22)23-15-13-21(14-16-23)24-11-8-12-25(24)29-35(32,33)20(3)4/h5-7,9-10,13-16,19-20,24-29H,8,11-12,17-18H2,1-4H3. The fourth-order valence-electron chi connectivity index (χ4n) is 4.43. The van der Waals surface area contributed by atoms with Gasteiger partial charge < -0.3 is 5.32 Å². The Hall–Kier alpha value is -1.78. The predicted octanol–water partition coefficient (Wildman–Crippen LogP) is 3.66. The molecule has 3 N–H and O–H groups in total. The number of benzene rings is 2. The van der Waals surface area contributed by atoms with Gasteiger partial charge >= 0.3 is 0 Å². The van der Waals surface area contributed by atoms with Gasteiger partial charge in [0.2, 0.25) is 20.0 Å². The molecule has 194 valence electrons. The van der Waals surface area contributed by atoms with Crippen molar-refractivity contribution in [1.29, 1.82) is 0 Å². The third-order valence-corrected chi connectivity index (χ3v) is 10.4. The first-order valence-electron chi connectivity index (χ1n) is 12.4. The lowest BCUT2D eigenvalue weighted by Crippen LogP contribution is -2.40. The van der Waals surface area contributed by atoms with Gasteiger partial charge in [0.05, 0.1) is 16.5 Å². The highest BCUT2D eigenvalue weighted by molar-refractivity contribution is 7.90. The van der Waals surface area contributed by atoms with Crippen LogP contribution in [0.3, 0.4) is 0 Å². The summed E-state index contributed by atoms with van der Waals surface area (Å²) in [5.74, 6) is 0.158. The van der Waals surface area contributed by atoms with Crippen molar-refractivity contribution in [3.05, 3.63) is 71.3 Å². The van der Waals surface area contributed by atoms with Gasteiger partial charge in [-0.1, -0.05) is 61.0 Å². The van der Waals surface area contributed by atoms with E-state index < -0.39 is 30.5 Å². The van der Waals surface area contributed by atoms with Crippen molar-refractivity contribution in [3.8, 4) is 0 Å². The third kappa shape index (κ3) is 7.36. The van der Waals surface area contributed by atoms with Crippen LogP contribution in [-0.2, 0) is 20.0 Å². The molecule has 0 aromatic heterocycles. The Bertz CT molecular complexity index is 1150. The van der Waals surface area contributed by atoms with Crippen molar-refractivity contribution in [2.75, 3.05) is 13.1 Å². The summed E-state index contributed by atoms with van der Waals surface area (Å²) in [5, 5.41) is 2.57. The van der Waals surface area contributed by atoms with Crippen LogP contribution < -0.4 is 14.8 Å². The quantitative estimate of drug-likeness (QED) is 0.370. The molecule has 1 fully saturated rings. The van der Waals surface area contributed by atoms with Crippen molar-refractivity contribution in [2.24, 2.45) is 0 Å². The van der Waals surface area contributed by atoms with E-state index in [9.17, 15) is 16.8 Å². The van der Waals surface area contributed by atoms with Gasteiger partial charge in [-0.15, -0.1) is 0 Å². The van der Waals surface area contributed by atoms with Gasteiger partial charge in [-0.2, -0.15) is 0 Å². The molecule has 1 aliphatic rings. The third-order valence-electron chi connectivity index (χ3n) is 6.68. The lowest BCUT2D eigenvalue weighted by atomic mass is 9.91. The molecular weight excluding hydrogens is 482 g/mol. The summed E-state index contributed by atoms with van der Waals surface area (Å²) in [6.07, 6.45) is 2.80. The van der Waals surface area contributed by atoms with E-state index in [1.165, 1.54) is 0 Å². The minimum absolute atomic E-state index is 0.0784. The number of rotatable bonds is 12. The van der Waals surface area contributed by atoms with Gasteiger partial charge in [0.1, 0.15) is 0 Å². The maximum atomic E-state index is 12.4. The van der Waals surface area contributed by atoms with E-state index in [1.54, 1.807) is 27.7 Å². The molecule has 0 heterocycles. The van der Waals surface area contributed by atoms with Gasteiger partial charge in [-0.25, -0.2) is 26.3 Å². The highest BCUT2D eigenvalue weighted by Crippen LogP contribution is 2.36. The maximum absolute atomic E-state index is 12.4. The van der Waals surface area contributed by atoms with Gasteiger partial charge in [0.15, 0.2) is 0 Å². The number of hydrogen-bond acceptors (Lipinski definition) is 5. The van der Waals surface area contributed by atoms with Crippen LogP contribution in [0.5, 0.6) is 0 Å². The van der Waals surface area contributed by atoms with E-state index in [1.807, 2.05) is 18.2 Å². The Labute approximate surface area is 211 Å². The van der Waals surface area contributed by atoms with E-state index in [-0.39, 0.29) is 18.0 Å². The summed E-state index contributed by atoms with van der Waals surface area (Å²) in [5.41, 5.74) is 3.30. The molecule has 9 heteroatoms. The normalized spacial score (nSPS) is 19.9. The number of nitrogens with one attached hydrogen (secondary N) is 3. The summed E-state index contributed by atoms with van der Waals surface area (Å²) in [4.78, 5) is 0. The Balaban J connectivity index is 1.74. The van der Waals surface area contributed by atoms with E-state index >= 15 is 0 Å². The molecule has 1 saturated carbocycles. The maximum Gasteiger partial charge on any atom is 0.214 e. The van der Waals surface area contributed by atoms with E-state index in [2.05, 4.69) is 51.2 Å². The van der Waals surface area contributed by atoms with Crippen LogP contribution in [0.4, 0.5) is 0 Å². The van der Waals surface area contributed by atoms with Crippen LogP contribution in [0.15, 0.2) is 54.6 Å². The molecule has 3 unspecified atom stereocenters. The zero-order valence-electron chi connectivity index (χ0n) is 21.1. The van der Waals surface area contributed by atoms with Crippen molar-refractivity contribution in [3.63, 3.8) is 0 Å². The van der Waals surface area contributed by atoms with E-state index in [4.69, 9.17) is 0 Å². The molecule has 0 aliphatic heterocycles. The first-order chi connectivity index (χ1) is 16.5. The zero-order chi connectivity index (χ0) is 25.6. The fraction of sp³-hybridized carbons (Fsp3) is 0.538. The molecule has 3 atom stereocenters. The summed E-state index contributed by atoms with van der Waals surface area (Å²) < 4.78 is 54.5. The summed E-state index contributed by atoms with van der Waals surface area (Å²) in [6, 6.07) is 18.3. The molecule has 2 aromatic carbocycles. The highest BCUT2D eigenvalue weighted by Gasteiger charge is 2.32. The van der Waals surface area contributed by atoms with E-state index in [0.717, 1.165) is 36.0 Å². The molecular formula is C26H39N3O4S2. The van der Waals surface area contributed by atoms with Crippen molar-refractivity contribution >= 4 is 20.0 Å². The summed E-state index contributed by atoms with van der Waals surface area (Å²) >= 11 is 0. The summed E-state index contributed by atoms with van der Waals surface area (Å²) in [6.45, 7) is 7.51. The highest BCUT2D eigenvalue weighted by atomic mass is 32.2. The zero-order valence-corrected chi connectivity index (χ0v) is 22.7. The second-order valence-corrected chi connectivity index (χ2v) is 14.4. The number of hydrogen-bond donors (Lipinski definition) is 3. The van der Waals surface area contributed by atoms with Gasteiger partial charge in [0.25, 0.3) is 0 Å². The molecule has 1 aliphatic carbocycles. The Morgan fingerprint density at radius 1 is 0.771 bits per heavy atom. The Morgan fingerprint density at radius 3 is 1.97 bits per heavy atom.